The molecule has 2 N–H and O–H groups in total. The maximum Gasteiger partial charge on any atom is 0.409 e. The van der Waals surface area contributed by atoms with Crippen LogP contribution in [0.2, 0.25) is 0 Å². The van der Waals surface area contributed by atoms with Crippen molar-refractivity contribution in [3.63, 3.8) is 0 Å². The molecule has 7 heteroatoms. The molecule has 1 aromatic carbocycles. The summed E-state index contributed by atoms with van der Waals surface area (Å²) in [5.74, 6) is 0.686. The third-order valence-corrected chi connectivity index (χ3v) is 3.70. The summed E-state index contributed by atoms with van der Waals surface area (Å²) in [6.45, 7) is 4.20. The molecule has 7 nitrogen and oxygen atoms in total. The number of morpholine rings is 1. The second-order valence-corrected chi connectivity index (χ2v) is 5.37. The minimum atomic E-state index is -1.08. The third kappa shape index (κ3) is 3.57. The predicted molar refractivity (Wildman–Crippen MR) is 86.7 cm³/mol. The van der Waals surface area contributed by atoms with Gasteiger partial charge in [0, 0.05) is 24.0 Å². The van der Waals surface area contributed by atoms with Crippen molar-refractivity contribution in [1.29, 1.82) is 0 Å². The zero-order chi connectivity index (χ0) is 16.2. The Bertz CT molecular complexity index is 690. The van der Waals surface area contributed by atoms with Gasteiger partial charge in [-0.3, -0.25) is 5.32 Å². The van der Waals surface area contributed by atoms with Crippen LogP contribution in [0, 0.1) is 0 Å². The van der Waals surface area contributed by atoms with Gasteiger partial charge in [-0.1, -0.05) is 12.1 Å². The maximum absolute atomic E-state index is 10.6. The lowest BCUT2D eigenvalue weighted by Crippen LogP contribution is -2.44. The molecule has 23 heavy (non-hydrogen) atoms. The van der Waals surface area contributed by atoms with Crippen LogP contribution in [0.3, 0.4) is 0 Å². The van der Waals surface area contributed by atoms with E-state index in [1.54, 1.807) is 18.3 Å². The maximum atomic E-state index is 10.6. The fourth-order valence-electron chi connectivity index (χ4n) is 2.52. The largest absolute Gasteiger partial charge is 0.465 e. The van der Waals surface area contributed by atoms with Crippen molar-refractivity contribution in [2.45, 2.75) is 13.0 Å². The Hall–Kier alpha value is -2.67. The van der Waals surface area contributed by atoms with Crippen molar-refractivity contribution < 1.29 is 14.6 Å². The Morgan fingerprint density at radius 3 is 2.83 bits per heavy atom. The molecule has 3 rings (SSSR count). The molecule has 2 aromatic rings. The fourth-order valence-corrected chi connectivity index (χ4v) is 2.52. The summed E-state index contributed by atoms with van der Waals surface area (Å²) < 4.78 is 5.44. The first-order valence-electron chi connectivity index (χ1n) is 7.41. The summed E-state index contributed by atoms with van der Waals surface area (Å²) in [6.07, 6.45) is 0.659. The molecule has 1 atom stereocenters. The van der Waals surface area contributed by atoms with E-state index in [4.69, 9.17) is 9.84 Å². The first-order chi connectivity index (χ1) is 11.1. The molecule has 120 valence electrons. The van der Waals surface area contributed by atoms with Gasteiger partial charge in [-0.05, 0) is 25.1 Å². The van der Waals surface area contributed by atoms with Gasteiger partial charge in [-0.2, -0.15) is 0 Å². The van der Waals surface area contributed by atoms with Crippen LogP contribution in [0.15, 0.2) is 36.5 Å². The summed E-state index contributed by atoms with van der Waals surface area (Å²) >= 11 is 0. The number of aromatic nitrogens is 2. The molecule has 1 aromatic heterocycles. The smallest absolute Gasteiger partial charge is 0.409 e. The van der Waals surface area contributed by atoms with Crippen molar-refractivity contribution in [3.05, 3.63) is 36.5 Å². The second kappa shape index (κ2) is 6.62. The van der Waals surface area contributed by atoms with Gasteiger partial charge in [-0.25, -0.2) is 14.8 Å². The van der Waals surface area contributed by atoms with Crippen LogP contribution in [0.5, 0.6) is 0 Å². The Morgan fingerprint density at radius 2 is 2.13 bits per heavy atom. The number of nitrogens with one attached hydrogen (secondary N) is 1. The lowest BCUT2D eigenvalue weighted by atomic mass is 10.1. The molecule has 0 bridgehead atoms. The van der Waals surface area contributed by atoms with Crippen LogP contribution in [0.1, 0.15) is 6.92 Å². The summed E-state index contributed by atoms with van der Waals surface area (Å²) in [5, 5.41) is 11.0. The monoisotopic (exact) mass is 314 g/mol. The van der Waals surface area contributed by atoms with Gasteiger partial charge in [0.2, 0.25) is 5.95 Å². The van der Waals surface area contributed by atoms with Gasteiger partial charge in [0.05, 0.1) is 24.9 Å². The van der Waals surface area contributed by atoms with E-state index in [0.717, 1.165) is 17.8 Å². The average molecular weight is 314 g/mol. The number of benzene rings is 1. The predicted octanol–water partition coefficient (Wildman–Crippen LogP) is 2.46. The average Bonchev–Trinajstić information content (AvgIpc) is 2.55. The number of amides is 1. The van der Waals surface area contributed by atoms with Gasteiger partial charge < -0.3 is 14.7 Å². The van der Waals surface area contributed by atoms with Gasteiger partial charge in [0.1, 0.15) is 0 Å². The van der Waals surface area contributed by atoms with Crippen molar-refractivity contribution >= 4 is 17.7 Å². The standard InChI is InChI=1S/C16H18N4O3/c1-11-10-23-9-8-20(11)15-17-7-6-14(19-15)12-2-4-13(5-3-12)18-16(21)22/h2-7,11,18H,8-10H2,1H3,(H,21,22). The molecule has 0 aliphatic carbocycles. The highest BCUT2D eigenvalue weighted by atomic mass is 16.5. The van der Waals surface area contributed by atoms with E-state index in [9.17, 15) is 4.79 Å². The van der Waals surface area contributed by atoms with Crippen LogP contribution in [0.25, 0.3) is 11.3 Å². The third-order valence-electron chi connectivity index (χ3n) is 3.70. The Morgan fingerprint density at radius 1 is 1.35 bits per heavy atom. The second-order valence-electron chi connectivity index (χ2n) is 5.37. The van der Waals surface area contributed by atoms with Gasteiger partial charge in [0.25, 0.3) is 0 Å². The summed E-state index contributed by atoms with van der Waals surface area (Å²) in [4.78, 5) is 21.8. The van der Waals surface area contributed by atoms with Crippen molar-refractivity contribution in [2.75, 3.05) is 30.0 Å². The highest BCUT2D eigenvalue weighted by Gasteiger charge is 2.21. The molecule has 1 fully saturated rings. The number of carbonyl (C=O) groups is 1. The first kappa shape index (κ1) is 15.2. The first-order valence-corrected chi connectivity index (χ1v) is 7.41. The Kier molecular flexibility index (Phi) is 4.38. The zero-order valence-corrected chi connectivity index (χ0v) is 12.8. The fraction of sp³-hybridized carbons (Fsp3) is 0.312. The number of nitrogens with zero attached hydrogens (tertiary/aromatic N) is 3. The SMILES string of the molecule is CC1COCCN1c1nccc(-c2ccc(NC(=O)O)cc2)n1. The van der Waals surface area contributed by atoms with Crippen LogP contribution in [0.4, 0.5) is 16.4 Å². The van der Waals surface area contributed by atoms with Crippen LogP contribution >= 0.6 is 0 Å². The van der Waals surface area contributed by atoms with E-state index in [1.807, 2.05) is 18.2 Å². The normalized spacial score (nSPS) is 17.8. The van der Waals surface area contributed by atoms with Gasteiger partial charge >= 0.3 is 6.09 Å². The van der Waals surface area contributed by atoms with Crippen LogP contribution in [-0.4, -0.2) is 47.0 Å². The lowest BCUT2D eigenvalue weighted by Gasteiger charge is -2.33. The zero-order valence-electron chi connectivity index (χ0n) is 12.8. The van der Waals surface area contributed by atoms with E-state index >= 15 is 0 Å². The molecule has 1 aliphatic rings. The number of ether oxygens (including phenoxy) is 1. The van der Waals surface area contributed by atoms with Gasteiger partial charge in [0.15, 0.2) is 0 Å². The highest BCUT2D eigenvalue weighted by molar-refractivity contribution is 5.83. The molecular formula is C16H18N4O3. The van der Waals surface area contributed by atoms with Crippen LogP contribution < -0.4 is 10.2 Å². The topological polar surface area (TPSA) is 87.6 Å². The molecule has 0 spiro atoms. The summed E-state index contributed by atoms with van der Waals surface area (Å²) in [7, 11) is 0. The van der Waals surface area contributed by atoms with E-state index < -0.39 is 6.09 Å². The summed E-state index contributed by atoms with van der Waals surface area (Å²) in [6, 6.07) is 9.17. The molecule has 1 aliphatic heterocycles. The van der Waals surface area contributed by atoms with E-state index in [2.05, 4.69) is 27.1 Å². The molecular weight excluding hydrogens is 296 g/mol. The van der Waals surface area contributed by atoms with Crippen molar-refractivity contribution in [3.8, 4) is 11.3 Å². The number of rotatable bonds is 3. The van der Waals surface area contributed by atoms with Crippen molar-refractivity contribution in [2.24, 2.45) is 0 Å². The molecule has 0 radical (unpaired) electrons. The Labute approximate surface area is 133 Å². The quantitative estimate of drug-likeness (QED) is 0.905. The molecule has 1 unspecified atom stereocenters. The minimum absolute atomic E-state index is 0.237. The molecule has 1 amide bonds. The minimum Gasteiger partial charge on any atom is -0.465 e. The van der Waals surface area contributed by atoms with E-state index in [1.165, 1.54) is 0 Å². The number of hydrogen-bond donors (Lipinski definition) is 2. The van der Waals surface area contributed by atoms with Crippen molar-refractivity contribution in [1.82, 2.24) is 9.97 Å². The molecule has 2 heterocycles. The molecule has 1 saturated heterocycles. The Balaban J connectivity index is 1.83. The van der Waals surface area contributed by atoms with Crippen LogP contribution in [-0.2, 0) is 4.74 Å². The lowest BCUT2D eigenvalue weighted by molar-refractivity contribution is 0.0981. The van der Waals surface area contributed by atoms with E-state index in [-0.39, 0.29) is 6.04 Å². The van der Waals surface area contributed by atoms with Gasteiger partial charge in [-0.15, -0.1) is 0 Å². The highest BCUT2D eigenvalue weighted by Crippen LogP contribution is 2.22. The number of hydrogen-bond acceptors (Lipinski definition) is 5. The number of carboxylic acid groups (broad SMARTS) is 1. The van der Waals surface area contributed by atoms with E-state index in [0.29, 0.717) is 24.8 Å². The molecule has 0 saturated carbocycles. The number of anilines is 2. The summed E-state index contributed by atoms with van der Waals surface area (Å²) in [5.41, 5.74) is 2.23.